The van der Waals surface area contributed by atoms with Gasteiger partial charge in [0, 0.05) is 31.2 Å². The maximum atomic E-state index is 4.49. The Kier molecular flexibility index (Phi) is 3.10. The van der Waals surface area contributed by atoms with Crippen LogP contribution in [0.1, 0.15) is 44.6 Å². The van der Waals surface area contributed by atoms with Crippen LogP contribution in [-0.4, -0.2) is 16.1 Å². The largest absolute Gasteiger partial charge is 0.331 e. The predicted molar refractivity (Wildman–Crippen MR) is 61.8 cm³/mol. The van der Waals surface area contributed by atoms with Gasteiger partial charge in [0.1, 0.15) is 0 Å². The first kappa shape index (κ1) is 10.7. The molecule has 1 aromatic rings. The quantitative estimate of drug-likeness (QED) is 0.823. The number of nitrogens with zero attached hydrogens (tertiary/aromatic N) is 2. The Balaban J connectivity index is 2.24. The average molecular weight is 207 g/mol. The summed E-state index contributed by atoms with van der Waals surface area (Å²) in [5, 5.41) is 3.36. The summed E-state index contributed by atoms with van der Waals surface area (Å²) < 4.78 is 2.38. The number of rotatable bonds is 3. The molecule has 1 aliphatic rings. The standard InChI is InChI=1S/C12H21N3/c1-4-9(2)10(3)15-8-14-11-7-13-6-5-12(11)15/h8-10,13H,4-7H2,1-3H3. The highest BCUT2D eigenvalue weighted by molar-refractivity contribution is 5.17. The van der Waals surface area contributed by atoms with Crippen molar-refractivity contribution >= 4 is 0 Å². The molecule has 0 amide bonds. The minimum atomic E-state index is 0.573. The van der Waals surface area contributed by atoms with Crippen molar-refractivity contribution in [3.8, 4) is 0 Å². The first-order valence-corrected chi connectivity index (χ1v) is 5.99. The smallest absolute Gasteiger partial charge is 0.0954 e. The first-order chi connectivity index (χ1) is 7.24. The van der Waals surface area contributed by atoms with E-state index in [0.29, 0.717) is 6.04 Å². The van der Waals surface area contributed by atoms with Crippen LogP contribution in [0.15, 0.2) is 6.33 Å². The van der Waals surface area contributed by atoms with Crippen molar-refractivity contribution in [2.24, 2.45) is 5.92 Å². The van der Waals surface area contributed by atoms with Crippen LogP contribution in [0.3, 0.4) is 0 Å². The molecule has 3 heteroatoms. The van der Waals surface area contributed by atoms with Crippen molar-refractivity contribution in [1.29, 1.82) is 0 Å². The topological polar surface area (TPSA) is 29.9 Å². The van der Waals surface area contributed by atoms with Crippen LogP contribution in [0.2, 0.25) is 0 Å². The molecule has 1 N–H and O–H groups in total. The van der Waals surface area contributed by atoms with Gasteiger partial charge in [-0.25, -0.2) is 4.98 Å². The van der Waals surface area contributed by atoms with Crippen LogP contribution in [-0.2, 0) is 13.0 Å². The van der Waals surface area contributed by atoms with Gasteiger partial charge in [-0.1, -0.05) is 20.3 Å². The molecular formula is C12H21N3. The Bertz CT molecular complexity index is 330. The number of imidazole rings is 1. The summed E-state index contributed by atoms with van der Waals surface area (Å²) in [6.45, 7) is 8.91. The van der Waals surface area contributed by atoms with Gasteiger partial charge in [0.2, 0.25) is 0 Å². The van der Waals surface area contributed by atoms with E-state index in [4.69, 9.17) is 0 Å². The minimum absolute atomic E-state index is 0.573. The van der Waals surface area contributed by atoms with Gasteiger partial charge in [0.05, 0.1) is 12.0 Å². The Morgan fingerprint density at radius 1 is 1.53 bits per heavy atom. The number of aromatic nitrogens is 2. The minimum Gasteiger partial charge on any atom is -0.331 e. The fourth-order valence-electron chi connectivity index (χ4n) is 2.23. The summed E-state index contributed by atoms with van der Waals surface area (Å²) in [5.74, 6) is 0.721. The molecule has 0 aromatic carbocycles. The van der Waals surface area contributed by atoms with Crippen molar-refractivity contribution in [3.63, 3.8) is 0 Å². The second kappa shape index (κ2) is 4.35. The molecule has 2 heterocycles. The number of hydrogen-bond acceptors (Lipinski definition) is 2. The summed E-state index contributed by atoms with van der Waals surface area (Å²) in [6.07, 6.45) is 4.37. The first-order valence-electron chi connectivity index (χ1n) is 5.99. The molecule has 2 rings (SSSR count). The van der Waals surface area contributed by atoms with Gasteiger partial charge in [-0.15, -0.1) is 0 Å². The molecule has 0 aliphatic carbocycles. The Hall–Kier alpha value is -0.830. The molecule has 0 fully saturated rings. The Morgan fingerprint density at radius 3 is 3.07 bits per heavy atom. The fraction of sp³-hybridized carbons (Fsp3) is 0.750. The zero-order valence-electron chi connectivity index (χ0n) is 9.95. The van der Waals surface area contributed by atoms with Gasteiger partial charge in [-0.2, -0.15) is 0 Å². The van der Waals surface area contributed by atoms with E-state index < -0.39 is 0 Å². The average Bonchev–Trinajstić information content (AvgIpc) is 2.70. The van der Waals surface area contributed by atoms with E-state index in [1.807, 2.05) is 6.33 Å². The van der Waals surface area contributed by atoms with E-state index >= 15 is 0 Å². The molecule has 84 valence electrons. The highest BCUT2D eigenvalue weighted by Gasteiger charge is 2.20. The Labute approximate surface area is 91.9 Å². The lowest BCUT2D eigenvalue weighted by Crippen LogP contribution is -2.26. The van der Waals surface area contributed by atoms with Gasteiger partial charge in [-0.05, 0) is 12.8 Å². The molecule has 2 atom stereocenters. The van der Waals surface area contributed by atoms with Gasteiger partial charge < -0.3 is 9.88 Å². The second-order valence-electron chi connectivity index (χ2n) is 4.60. The third-order valence-electron chi connectivity index (χ3n) is 3.72. The van der Waals surface area contributed by atoms with Crippen LogP contribution < -0.4 is 5.32 Å². The van der Waals surface area contributed by atoms with E-state index in [-0.39, 0.29) is 0 Å². The van der Waals surface area contributed by atoms with Gasteiger partial charge in [-0.3, -0.25) is 0 Å². The van der Waals surface area contributed by atoms with Crippen molar-refractivity contribution in [3.05, 3.63) is 17.7 Å². The maximum absolute atomic E-state index is 4.49. The van der Waals surface area contributed by atoms with Crippen LogP contribution in [0, 0.1) is 5.92 Å². The van der Waals surface area contributed by atoms with E-state index in [2.05, 4.69) is 35.6 Å². The third-order valence-corrected chi connectivity index (χ3v) is 3.72. The molecule has 0 radical (unpaired) electrons. The van der Waals surface area contributed by atoms with Gasteiger partial charge in [0.15, 0.2) is 0 Å². The Morgan fingerprint density at radius 2 is 2.33 bits per heavy atom. The molecule has 0 saturated carbocycles. The SMILES string of the molecule is CCC(C)C(C)n1cnc2c1CCNC2. The molecule has 0 saturated heterocycles. The van der Waals surface area contributed by atoms with Crippen LogP contribution in [0.5, 0.6) is 0 Å². The van der Waals surface area contributed by atoms with Crippen molar-refractivity contribution < 1.29 is 0 Å². The summed E-state index contributed by atoms with van der Waals surface area (Å²) in [4.78, 5) is 4.49. The summed E-state index contributed by atoms with van der Waals surface area (Å²) >= 11 is 0. The molecule has 0 bridgehead atoms. The van der Waals surface area contributed by atoms with Crippen LogP contribution in [0.4, 0.5) is 0 Å². The highest BCUT2D eigenvalue weighted by atomic mass is 15.1. The van der Waals surface area contributed by atoms with Gasteiger partial charge >= 0.3 is 0 Å². The van der Waals surface area contributed by atoms with Crippen molar-refractivity contribution in [1.82, 2.24) is 14.9 Å². The molecule has 1 aromatic heterocycles. The van der Waals surface area contributed by atoms with Crippen LogP contribution in [0.25, 0.3) is 0 Å². The zero-order chi connectivity index (χ0) is 10.8. The fourth-order valence-corrected chi connectivity index (χ4v) is 2.23. The number of hydrogen-bond donors (Lipinski definition) is 1. The summed E-state index contributed by atoms with van der Waals surface area (Å²) in [7, 11) is 0. The number of fused-ring (bicyclic) bond motifs is 1. The van der Waals surface area contributed by atoms with Crippen molar-refractivity contribution in [2.45, 2.75) is 46.2 Å². The lowest BCUT2D eigenvalue weighted by molar-refractivity contribution is 0.359. The highest BCUT2D eigenvalue weighted by Crippen LogP contribution is 2.24. The summed E-state index contributed by atoms with van der Waals surface area (Å²) in [6, 6.07) is 0.573. The van der Waals surface area contributed by atoms with E-state index in [1.54, 1.807) is 0 Å². The molecule has 1 aliphatic heterocycles. The van der Waals surface area contributed by atoms with E-state index in [0.717, 1.165) is 25.4 Å². The lowest BCUT2D eigenvalue weighted by atomic mass is 10.00. The summed E-state index contributed by atoms with van der Waals surface area (Å²) in [5.41, 5.74) is 2.69. The second-order valence-corrected chi connectivity index (χ2v) is 4.60. The van der Waals surface area contributed by atoms with E-state index in [9.17, 15) is 0 Å². The molecule has 3 nitrogen and oxygen atoms in total. The normalized spacial score (nSPS) is 19.7. The number of nitrogens with one attached hydrogen (secondary N) is 1. The van der Waals surface area contributed by atoms with Gasteiger partial charge in [0.25, 0.3) is 0 Å². The molecule has 0 spiro atoms. The lowest BCUT2D eigenvalue weighted by Gasteiger charge is -2.24. The third kappa shape index (κ3) is 1.93. The van der Waals surface area contributed by atoms with Crippen LogP contribution >= 0.6 is 0 Å². The monoisotopic (exact) mass is 207 g/mol. The molecule has 2 unspecified atom stereocenters. The van der Waals surface area contributed by atoms with Crippen molar-refractivity contribution in [2.75, 3.05) is 6.54 Å². The van der Waals surface area contributed by atoms with E-state index in [1.165, 1.54) is 17.8 Å². The predicted octanol–water partition coefficient (Wildman–Crippen LogP) is 2.14. The maximum Gasteiger partial charge on any atom is 0.0954 e. The zero-order valence-corrected chi connectivity index (χ0v) is 9.95. The molecule has 15 heavy (non-hydrogen) atoms. The molecular weight excluding hydrogens is 186 g/mol.